The quantitative estimate of drug-likeness (QED) is 0.800. The van der Waals surface area contributed by atoms with Crippen LogP contribution in [0.2, 0.25) is 5.15 Å². The van der Waals surface area contributed by atoms with Crippen LogP contribution in [0.25, 0.3) is 0 Å². The second kappa shape index (κ2) is 6.05. The summed E-state index contributed by atoms with van der Waals surface area (Å²) in [4.78, 5) is 17.3. The van der Waals surface area contributed by atoms with Crippen molar-refractivity contribution in [3.63, 3.8) is 0 Å². The van der Waals surface area contributed by atoms with E-state index >= 15 is 0 Å². The van der Waals surface area contributed by atoms with E-state index in [-0.39, 0.29) is 29.5 Å². The third-order valence-electron chi connectivity index (χ3n) is 3.70. The Kier molecular flexibility index (Phi) is 4.59. The second-order valence-electron chi connectivity index (χ2n) is 4.77. The van der Waals surface area contributed by atoms with E-state index in [0.717, 1.165) is 0 Å². The Morgan fingerprint density at radius 1 is 1.65 bits per heavy atom. The van der Waals surface area contributed by atoms with Crippen molar-refractivity contribution in [1.82, 2.24) is 14.5 Å². The number of alkyl halides is 2. The molecule has 1 fully saturated rings. The average Bonchev–Trinajstić information content (AvgIpc) is 2.93. The van der Waals surface area contributed by atoms with Crippen LogP contribution in [0.5, 0.6) is 0 Å². The highest BCUT2D eigenvalue weighted by molar-refractivity contribution is 6.32. The zero-order chi connectivity index (χ0) is 14.9. The second-order valence-corrected chi connectivity index (χ2v) is 5.12. The summed E-state index contributed by atoms with van der Waals surface area (Å²) in [5.74, 6) is -0.577. The van der Waals surface area contributed by atoms with Crippen molar-refractivity contribution in [2.75, 3.05) is 20.2 Å². The molecule has 0 amide bonds. The maximum Gasteiger partial charge on any atom is 0.357 e. The Balaban J connectivity index is 2.23. The monoisotopic (exact) mass is 307 g/mol. The van der Waals surface area contributed by atoms with Crippen molar-refractivity contribution in [2.45, 2.75) is 31.9 Å². The van der Waals surface area contributed by atoms with Gasteiger partial charge in [0.15, 0.2) is 10.8 Å². The molecular weight excluding hydrogens is 292 g/mol. The third-order valence-corrected chi connectivity index (χ3v) is 3.98. The number of methoxy groups -OCH3 is 1. The molecule has 2 rings (SSSR count). The first kappa shape index (κ1) is 15.2. The molecule has 1 aliphatic rings. The van der Waals surface area contributed by atoms with Crippen LogP contribution in [-0.4, -0.2) is 53.1 Å². The summed E-state index contributed by atoms with van der Waals surface area (Å²) >= 11 is 5.90. The molecule has 0 aliphatic carbocycles. The molecule has 5 nitrogen and oxygen atoms in total. The van der Waals surface area contributed by atoms with E-state index in [1.807, 2.05) is 6.92 Å². The summed E-state index contributed by atoms with van der Waals surface area (Å²) in [5.41, 5.74) is 0.171. The molecule has 2 atom stereocenters. The molecule has 0 radical (unpaired) electrons. The fraction of sp³-hybridized carbons (Fsp3) is 0.667. The molecule has 2 heterocycles. The summed E-state index contributed by atoms with van der Waals surface area (Å²) in [5, 5.41) is 0.0661. The van der Waals surface area contributed by atoms with Gasteiger partial charge in [-0.3, -0.25) is 4.90 Å². The average molecular weight is 308 g/mol. The molecule has 0 spiro atoms. The molecule has 0 bridgehead atoms. The van der Waals surface area contributed by atoms with E-state index in [9.17, 15) is 13.6 Å². The number of imidazole rings is 1. The highest BCUT2D eigenvalue weighted by Crippen LogP contribution is 2.32. The lowest BCUT2D eigenvalue weighted by atomic mass is 10.1. The van der Waals surface area contributed by atoms with Crippen LogP contribution >= 0.6 is 11.6 Å². The van der Waals surface area contributed by atoms with Gasteiger partial charge in [0.1, 0.15) is 0 Å². The predicted molar refractivity (Wildman–Crippen MR) is 69.3 cm³/mol. The van der Waals surface area contributed by atoms with Crippen molar-refractivity contribution in [3.05, 3.63) is 17.2 Å². The van der Waals surface area contributed by atoms with Gasteiger partial charge in [0.05, 0.1) is 26.0 Å². The van der Waals surface area contributed by atoms with E-state index in [4.69, 9.17) is 11.6 Å². The summed E-state index contributed by atoms with van der Waals surface area (Å²) in [6, 6.07) is -0.250. The lowest BCUT2D eigenvalue weighted by molar-refractivity contribution is 0.0580. The molecule has 0 N–H and O–H groups in total. The minimum Gasteiger partial charge on any atom is -0.464 e. The molecule has 1 aromatic rings. The van der Waals surface area contributed by atoms with Gasteiger partial charge in [-0.2, -0.15) is 0 Å². The smallest absolute Gasteiger partial charge is 0.357 e. The highest BCUT2D eigenvalue weighted by atomic mass is 35.5. The van der Waals surface area contributed by atoms with Crippen molar-refractivity contribution < 1.29 is 18.3 Å². The minimum absolute atomic E-state index is 0.0661. The van der Waals surface area contributed by atoms with Gasteiger partial charge in [-0.1, -0.05) is 11.6 Å². The Morgan fingerprint density at radius 2 is 2.35 bits per heavy atom. The maximum absolute atomic E-state index is 12.5. The largest absolute Gasteiger partial charge is 0.464 e. The molecule has 20 heavy (non-hydrogen) atoms. The zero-order valence-electron chi connectivity index (χ0n) is 11.2. The lowest BCUT2D eigenvalue weighted by Crippen LogP contribution is -2.35. The maximum atomic E-state index is 12.5. The Hall–Kier alpha value is -1.21. The van der Waals surface area contributed by atoms with Crippen LogP contribution in [-0.2, 0) is 4.74 Å². The highest BCUT2D eigenvalue weighted by Gasteiger charge is 2.35. The third kappa shape index (κ3) is 2.78. The first-order valence-electron chi connectivity index (χ1n) is 6.28. The number of rotatable bonds is 4. The fourth-order valence-electron chi connectivity index (χ4n) is 2.67. The van der Waals surface area contributed by atoms with Gasteiger partial charge in [0, 0.05) is 12.6 Å². The Labute approximate surface area is 120 Å². The first-order chi connectivity index (χ1) is 9.45. The van der Waals surface area contributed by atoms with E-state index in [1.165, 1.54) is 13.4 Å². The molecule has 112 valence electrons. The van der Waals surface area contributed by atoms with Crippen LogP contribution in [0.15, 0.2) is 6.33 Å². The van der Waals surface area contributed by atoms with Gasteiger partial charge >= 0.3 is 5.97 Å². The van der Waals surface area contributed by atoms with Crippen LogP contribution in [0.4, 0.5) is 8.78 Å². The molecular formula is C12H16ClF2N3O2. The fourth-order valence-corrected chi connectivity index (χ4v) is 2.89. The number of carbonyl (C=O) groups excluding carboxylic acids is 1. The number of hydrogen-bond donors (Lipinski definition) is 0. The predicted octanol–water partition coefficient (Wildman–Crippen LogP) is 2.22. The number of nitrogens with zero attached hydrogens (tertiary/aromatic N) is 3. The topological polar surface area (TPSA) is 47.4 Å². The van der Waals surface area contributed by atoms with Gasteiger partial charge in [-0.15, -0.1) is 0 Å². The van der Waals surface area contributed by atoms with E-state index < -0.39 is 12.4 Å². The van der Waals surface area contributed by atoms with Crippen LogP contribution in [0.1, 0.15) is 29.9 Å². The van der Waals surface area contributed by atoms with Gasteiger partial charge in [-0.25, -0.2) is 18.6 Å². The number of ether oxygens (including phenoxy) is 1. The summed E-state index contributed by atoms with van der Waals surface area (Å²) in [7, 11) is 1.26. The van der Waals surface area contributed by atoms with Gasteiger partial charge in [0.25, 0.3) is 6.43 Å². The minimum atomic E-state index is -2.37. The number of halogens is 3. The summed E-state index contributed by atoms with van der Waals surface area (Å²) in [6.07, 6.45) is -0.255. The molecule has 8 heteroatoms. The van der Waals surface area contributed by atoms with E-state index in [0.29, 0.717) is 13.0 Å². The van der Waals surface area contributed by atoms with Crippen molar-refractivity contribution >= 4 is 17.6 Å². The first-order valence-corrected chi connectivity index (χ1v) is 6.66. The van der Waals surface area contributed by atoms with Crippen molar-refractivity contribution in [1.29, 1.82) is 0 Å². The molecule has 1 saturated heterocycles. The Morgan fingerprint density at radius 3 is 2.95 bits per heavy atom. The van der Waals surface area contributed by atoms with Gasteiger partial charge in [-0.05, 0) is 13.3 Å². The molecule has 0 aromatic carbocycles. The summed E-state index contributed by atoms with van der Waals surface area (Å²) in [6.45, 7) is 2.13. The van der Waals surface area contributed by atoms with Crippen LogP contribution < -0.4 is 0 Å². The zero-order valence-corrected chi connectivity index (χ0v) is 12.0. The standard InChI is InChI=1S/C12H16ClF2N3O2/c1-7-8(3-4-17(7)5-9(14)15)18-6-16-11(13)10(18)12(19)20-2/h6-9H,3-5H2,1-2H3/t7-,8+/m0/s1. The number of carbonyl (C=O) groups is 1. The molecule has 0 saturated carbocycles. The van der Waals surface area contributed by atoms with E-state index in [2.05, 4.69) is 9.72 Å². The number of likely N-dealkylation sites (tertiary alicyclic amines) is 1. The number of esters is 1. The van der Waals surface area contributed by atoms with Crippen molar-refractivity contribution in [2.24, 2.45) is 0 Å². The van der Waals surface area contributed by atoms with Crippen LogP contribution in [0.3, 0.4) is 0 Å². The molecule has 1 aromatic heterocycles. The van der Waals surface area contributed by atoms with E-state index in [1.54, 1.807) is 9.47 Å². The van der Waals surface area contributed by atoms with Gasteiger partial charge in [0.2, 0.25) is 0 Å². The molecule has 0 unspecified atom stereocenters. The van der Waals surface area contributed by atoms with Crippen molar-refractivity contribution in [3.8, 4) is 0 Å². The van der Waals surface area contributed by atoms with Gasteiger partial charge < -0.3 is 9.30 Å². The SMILES string of the molecule is COC(=O)c1c(Cl)ncn1[C@@H]1CCN(CC(F)F)[C@H]1C. The summed E-state index contributed by atoms with van der Waals surface area (Å²) < 4.78 is 31.3. The number of aromatic nitrogens is 2. The normalized spacial score (nSPS) is 23.5. The van der Waals surface area contributed by atoms with Crippen LogP contribution in [0, 0.1) is 0 Å². The molecule has 1 aliphatic heterocycles. The lowest BCUT2D eigenvalue weighted by Gasteiger charge is -2.25. The number of hydrogen-bond acceptors (Lipinski definition) is 4. The Bertz CT molecular complexity index is 495.